The van der Waals surface area contributed by atoms with Gasteiger partial charge in [0.25, 0.3) is 0 Å². The van der Waals surface area contributed by atoms with Gasteiger partial charge in [0.15, 0.2) is 5.17 Å². The van der Waals surface area contributed by atoms with Gasteiger partial charge in [0.2, 0.25) is 5.91 Å². The van der Waals surface area contributed by atoms with Crippen molar-refractivity contribution in [3.63, 3.8) is 0 Å². The molecule has 7 nitrogen and oxygen atoms in total. The van der Waals surface area contributed by atoms with Crippen LogP contribution in [0, 0.1) is 13.8 Å². The lowest BCUT2D eigenvalue weighted by molar-refractivity contribution is -0.143. The van der Waals surface area contributed by atoms with Crippen LogP contribution in [-0.4, -0.2) is 28.0 Å². The minimum absolute atomic E-state index is 0.137. The van der Waals surface area contributed by atoms with Gasteiger partial charge in [0, 0.05) is 5.70 Å². The molecule has 0 unspecified atom stereocenters. The highest BCUT2D eigenvalue weighted by atomic mass is 32.2. The topological polar surface area (TPSA) is 84.1 Å². The molecule has 0 bridgehead atoms. The zero-order valence-corrected chi connectivity index (χ0v) is 20.9. The van der Waals surface area contributed by atoms with Gasteiger partial charge in [-0.2, -0.15) is 0 Å². The number of allylic oxidation sites excluding steroid dienone is 1. The molecule has 0 radical (unpaired) electrons. The molecule has 1 atom stereocenters. The van der Waals surface area contributed by atoms with E-state index < -0.39 is 6.04 Å². The summed E-state index contributed by atoms with van der Waals surface area (Å²) < 4.78 is 10.9. The predicted octanol–water partition coefficient (Wildman–Crippen LogP) is 5.13. The molecule has 0 fully saturated rings. The number of nitrogens with one attached hydrogen (secondary N) is 1. The Bertz CT molecular complexity index is 1190. The number of furan rings is 1. The minimum Gasteiger partial charge on any atom is -0.467 e. The second kappa shape index (κ2) is 9.93. The van der Waals surface area contributed by atoms with Crippen molar-refractivity contribution in [1.29, 1.82) is 0 Å². The molecule has 1 amide bonds. The van der Waals surface area contributed by atoms with Crippen LogP contribution in [0.2, 0.25) is 0 Å². The van der Waals surface area contributed by atoms with Crippen molar-refractivity contribution in [3.8, 4) is 0 Å². The average molecular weight is 480 g/mol. The van der Waals surface area contributed by atoms with E-state index >= 15 is 0 Å². The number of carbonyl (C=O) groups is 2. The number of nitrogens with zero attached hydrogens (tertiary/aromatic N) is 2. The number of amidine groups is 1. The molecule has 0 saturated carbocycles. The average Bonchev–Trinajstić information content (AvgIpc) is 3.43. The molecule has 8 heteroatoms. The summed E-state index contributed by atoms with van der Waals surface area (Å²) in [6.45, 7) is 9.88. The van der Waals surface area contributed by atoms with Crippen LogP contribution in [0.5, 0.6) is 0 Å². The second-order valence-corrected chi connectivity index (χ2v) is 9.58. The molecule has 1 aromatic heterocycles. The number of hydrogen-bond donors (Lipinski definition) is 1. The van der Waals surface area contributed by atoms with Crippen molar-refractivity contribution in [3.05, 3.63) is 81.4 Å². The van der Waals surface area contributed by atoms with E-state index in [-0.39, 0.29) is 24.4 Å². The molecule has 2 aliphatic heterocycles. The predicted molar refractivity (Wildman–Crippen MR) is 133 cm³/mol. The monoisotopic (exact) mass is 479 g/mol. The van der Waals surface area contributed by atoms with Crippen LogP contribution in [0.25, 0.3) is 0 Å². The first-order valence-corrected chi connectivity index (χ1v) is 12.1. The van der Waals surface area contributed by atoms with E-state index in [0.717, 1.165) is 27.6 Å². The lowest BCUT2D eigenvalue weighted by atomic mass is 9.90. The number of carbonyl (C=O) groups excluding carboxylic acids is 2. The van der Waals surface area contributed by atoms with Crippen LogP contribution < -0.4 is 5.32 Å². The van der Waals surface area contributed by atoms with E-state index in [1.807, 2.05) is 51.0 Å². The normalized spacial score (nSPS) is 17.5. The lowest BCUT2D eigenvalue weighted by Gasteiger charge is -2.37. The summed E-state index contributed by atoms with van der Waals surface area (Å²) in [4.78, 5) is 32.8. The van der Waals surface area contributed by atoms with Crippen molar-refractivity contribution in [1.82, 2.24) is 10.2 Å². The number of ether oxygens (including phenoxy) is 1. The Labute approximate surface area is 203 Å². The molecule has 0 saturated heterocycles. The van der Waals surface area contributed by atoms with Crippen LogP contribution in [0.15, 0.2) is 68.4 Å². The van der Waals surface area contributed by atoms with Gasteiger partial charge in [0.05, 0.1) is 42.6 Å². The summed E-state index contributed by atoms with van der Waals surface area (Å²) in [6, 6.07) is 9.37. The molecule has 178 valence electrons. The fourth-order valence-corrected chi connectivity index (χ4v) is 5.05. The quantitative estimate of drug-likeness (QED) is 0.554. The Balaban J connectivity index is 1.68. The van der Waals surface area contributed by atoms with Crippen molar-refractivity contribution < 1.29 is 18.7 Å². The highest BCUT2D eigenvalue weighted by Crippen LogP contribution is 2.45. The van der Waals surface area contributed by atoms with Crippen molar-refractivity contribution in [2.24, 2.45) is 4.99 Å². The number of fused-ring (bicyclic) bond motifs is 1. The van der Waals surface area contributed by atoms with Crippen molar-refractivity contribution in [2.45, 2.75) is 59.7 Å². The van der Waals surface area contributed by atoms with Gasteiger partial charge < -0.3 is 19.4 Å². The molecule has 1 aromatic carbocycles. The number of rotatable bonds is 7. The maximum atomic E-state index is 13.3. The summed E-state index contributed by atoms with van der Waals surface area (Å²) in [5, 5.41) is 5.58. The molecule has 0 aliphatic carbocycles. The first kappa shape index (κ1) is 23.9. The van der Waals surface area contributed by atoms with Gasteiger partial charge in [-0.25, -0.2) is 9.79 Å². The third kappa shape index (κ3) is 4.97. The minimum atomic E-state index is -0.433. The maximum absolute atomic E-state index is 13.3. The first-order valence-electron chi connectivity index (χ1n) is 11.3. The number of hydrogen-bond acceptors (Lipinski definition) is 7. The molecule has 4 rings (SSSR count). The maximum Gasteiger partial charge on any atom is 0.338 e. The fourth-order valence-electron chi connectivity index (χ4n) is 4.08. The van der Waals surface area contributed by atoms with E-state index in [2.05, 4.69) is 23.5 Å². The number of esters is 1. The zero-order valence-electron chi connectivity index (χ0n) is 20.0. The summed E-state index contributed by atoms with van der Waals surface area (Å²) >= 11 is 1.46. The number of aryl methyl sites for hydroxylation is 2. The lowest BCUT2D eigenvalue weighted by Crippen LogP contribution is -2.38. The smallest absolute Gasteiger partial charge is 0.338 e. The van der Waals surface area contributed by atoms with Crippen molar-refractivity contribution in [2.75, 3.05) is 0 Å². The molecular weight excluding hydrogens is 450 g/mol. The summed E-state index contributed by atoms with van der Waals surface area (Å²) in [5.41, 5.74) is 5.05. The van der Waals surface area contributed by atoms with Gasteiger partial charge in [-0.1, -0.05) is 35.5 Å². The Morgan fingerprint density at radius 3 is 2.74 bits per heavy atom. The summed E-state index contributed by atoms with van der Waals surface area (Å²) in [7, 11) is 0. The van der Waals surface area contributed by atoms with E-state index in [1.54, 1.807) is 12.3 Å². The largest absolute Gasteiger partial charge is 0.467 e. The van der Waals surface area contributed by atoms with E-state index in [9.17, 15) is 9.59 Å². The number of thioether (sulfide) groups is 1. The summed E-state index contributed by atoms with van der Waals surface area (Å²) in [6.07, 6.45) is 1.47. The Hall–Kier alpha value is -3.26. The third-order valence-corrected chi connectivity index (χ3v) is 6.56. The number of aliphatic imine (C=N–C) groups is 1. The molecular formula is C26H29N3O4S. The highest BCUT2D eigenvalue weighted by Gasteiger charge is 2.41. The Morgan fingerprint density at radius 2 is 2.03 bits per heavy atom. The molecule has 2 aliphatic rings. The van der Waals surface area contributed by atoms with E-state index in [1.165, 1.54) is 11.8 Å². The van der Waals surface area contributed by atoms with Gasteiger partial charge in [-0.05, 0) is 63.3 Å². The van der Waals surface area contributed by atoms with Crippen LogP contribution >= 0.6 is 11.8 Å². The third-order valence-electron chi connectivity index (χ3n) is 5.67. The van der Waals surface area contributed by atoms with Crippen LogP contribution in [0.4, 0.5) is 0 Å². The first-order chi connectivity index (χ1) is 16.2. The number of amides is 1. The molecule has 34 heavy (non-hydrogen) atoms. The molecule has 1 N–H and O–H groups in total. The fraction of sp³-hybridized carbons (Fsp3) is 0.346. The van der Waals surface area contributed by atoms with Gasteiger partial charge in [0.1, 0.15) is 5.76 Å². The standard InChI is InChI=1S/C26H29N3O4S/c1-15(2)33-25(31)23-18(5)28-26-29(24(23)21-11-16(3)8-9-17(21)4)19(14-34-26)12-22(30)27-13-20-7-6-10-32-20/h6-11,14-15,24H,12-13H2,1-5H3,(H,27,30)/t24-/m0/s1. The molecule has 3 heterocycles. The van der Waals surface area contributed by atoms with E-state index in [4.69, 9.17) is 14.1 Å². The Morgan fingerprint density at radius 1 is 1.24 bits per heavy atom. The second-order valence-electron chi connectivity index (χ2n) is 8.74. The highest BCUT2D eigenvalue weighted by molar-refractivity contribution is 8.16. The van der Waals surface area contributed by atoms with Crippen molar-refractivity contribution >= 4 is 28.8 Å². The Kier molecular flexibility index (Phi) is 6.97. The van der Waals surface area contributed by atoms with Gasteiger partial charge >= 0.3 is 5.97 Å². The van der Waals surface area contributed by atoms with Crippen LogP contribution in [0.1, 0.15) is 55.7 Å². The summed E-state index contributed by atoms with van der Waals surface area (Å²) in [5.74, 6) is 0.162. The number of benzene rings is 1. The zero-order chi connectivity index (χ0) is 24.4. The molecule has 2 aromatic rings. The van der Waals surface area contributed by atoms with Gasteiger partial charge in [-0.3, -0.25) is 4.79 Å². The molecule has 0 spiro atoms. The van der Waals surface area contributed by atoms with Crippen LogP contribution in [0.3, 0.4) is 0 Å². The van der Waals surface area contributed by atoms with E-state index in [0.29, 0.717) is 23.6 Å². The van der Waals surface area contributed by atoms with Gasteiger partial charge in [-0.15, -0.1) is 0 Å². The van der Waals surface area contributed by atoms with Crippen LogP contribution in [-0.2, 0) is 20.9 Å². The SMILES string of the molecule is CC1=C(C(=O)OC(C)C)[C@H](c2cc(C)ccc2C)N2C(CC(=O)NCc3ccco3)=CSC2=N1.